The van der Waals surface area contributed by atoms with E-state index in [0.717, 1.165) is 6.42 Å². The molecule has 0 spiro atoms. The maximum Gasteiger partial charge on any atom is 0.251 e. The molecule has 0 bridgehead atoms. The first kappa shape index (κ1) is 23.6. The van der Waals surface area contributed by atoms with E-state index in [9.17, 15) is 9.59 Å². The highest BCUT2D eigenvalue weighted by molar-refractivity contribution is 7.99. The number of hydrogen-bond donors (Lipinski definition) is 2. The summed E-state index contributed by atoms with van der Waals surface area (Å²) in [5.41, 5.74) is 0.530. The first-order valence-electron chi connectivity index (χ1n) is 10.8. The van der Waals surface area contributed by atoms with Crippen molar-refractivity contribution in [3.05, 3.63) is 40.7 Å². The Kier molecular flexibility index (Phi) is 8.37. The van der Waals surface area contributed by atoms with Crippen molar-refractivity contribution in [2.24, 2.45) is 5.92 Å². The number of aromatic nitrogens is 3. The summed E-state index contributed by atoms with van der Waals surface area (Å²) >= 11 is 7.26. The maximum atomic E-state index is 12.5. The fourth-order valence-electron chi connectivity index (χ4n) is 3.88. The molecule has 2 N–H and O–H groups in total. The van der Waals surface area contributed by atoms with Gasteiger partial charge in [-0.25, -0.2) is 0 Å². The highest BCUT2D eigenvalue weighted by Crippen LogP contribution is 2.25. The lowest BCUT2D eigenvalue weighted by atomic mass is 9.86. The number of nitrogens with zero attached hydrogens (tertiary/aromatic N) is 3. The number of nitrogens with one attached hydrogen (secondary N) is 2. The van der Waals surface area contributed by atoms with Crippen LogP contribution in [-0.2, 0) is 11.3 Å². The molecule has 0 aliphatic heterocycles. The average Bonchev–Trinajstić information content (AvgIpc) is 3.17. The molecule has 1 fully saturated rings. The first-order valence-corrected chi connectivity index (χ1v) is 12.2. The van der Waals surface area contributed by atoms with Crippen LogP contribution in [0.3, 0.4) is 0 Å². The minimum Gasteiger partial charge on any atom is -0.352 e. The Morgan fingerprint density at radius 3 is 2.61 bits per heavy atom. The number of carbonyl (C=O) groups excluding carboxylic acids is 2. The number of thioether (sulfide) groups is 1. The van der Waals surface area contributed by atoms with Gasteiger partial charge < -0.3 is 15.2 Å². The van der Waals surface area contributed by atoms with Crippen LogP contribution < -0.4 is 10.6 Å². The SMILES string of the molecule is CCn1c(SCC(=O)NC2CCCCC2C)nnc1C(C)NC(=O)c1ccc(Cl)cc1. The normalized spacial score (nSPS) is 19.6. The summed E-state index contributed by atoms with van der Waals surface area (Å²) < 4.78 is 1.94. The van der Waals surface area contributed by atoms with Gasteiger partial charge in [-0.3, -0.25) is 9.59 Å². The van der Waals surface area contributed by atoms with Crippen LogP contribution in [-0.4, -0.2) is 38.4 Å². The molecule has 3 unspecified atom stereocenters. The second-order valence-corrected chi connectivity index (χ2v) is 9.39. The predicted octanol–water partition coefficient (Wildman–Crippen LogP) is 4.23. The fraction of sp³-hybridized carbons (Fsp3) is 0.545. The lowest BCUT2D eigenvalue weighted by Gasteiger charge is -2.29. The van der Waals surface area contributed by atoms with Gasteiger partial charge in [0.15, 0.2) is 11.0 Å². The van der Waals surface area contributed by atoms with Crippen molar-refractivity contribution in [1.82, 2.24) is 25.4 Å². The zero-order valence-corrected chi connectivity index (χ0v) is 19.8. The van der Waals surface area contributed by atoms with Gasteiger partial charge >= 0.3 is 0 Å². The molecule has 1 aromatic heterocycles. The third kappa shape index (κ3) is 6.23. The molecule has 7 nitrogen and oxygen atoms in total. The van der Waals surface area contributed by atoms with E-state index >= 15 is 0 Å². The summed E-state index contributed by atoms with van der Waals surface area (Å²) in [5.74, 6) is 1.31. The van der Waals surface area contributed by atoms with Crippen molar-refractivity contribution in [2.45, 2.75) is 70.2 Å². The molecule has 1 heterocycles. The first-order chi connectivity index (χ1) is 14.9. The average molecular weight is 464 g/mol. The molecule has 9 heteroatoms. The molecular formula is C22H30ClN5O2S. The van der Waals surface area contributed by atoms with E-state index in [1.165, 1.54) is 31.0 Å². The van der Waals surface area contributed by atoms with Gasteiger partial charge in [0.25, 0.3) is 5.91 Å². The Hall–Kier alpha value is -2.06. The zero-order chi connectivity index (χ0) is 22.4. The highest BCUT2D eigenvalue weighted by atomic mass is 35.5. The molecule has 0 saturated heterocycles. The van der Waals surface area contributed by atoms with Crippen LogP contribution in [0.15, 0.2) is 29.4 Å². The van der Waals surface area contributed by atoms with Crippen LogP contribution in [0.2, 0.25) is 5.02 Å². The molecule has 2 aromatic rings. The summed E-state index contributed by atoms with van der Waals surface area (Å²) in [6.45, 7) is 6.72. The number of benzene rings is 1. The van der Waals surface area contributed by atoms with Crippen LogP contribution in [0.1, 0.15) is 68.7 Å². The van der Waals surface area contributed by atoms with Gasteiger partial charge in [-0.15, -0.1) is 10.2 Å². The Balaban J connectivity index is 1.58. The van der Waals surface area contributed by atoms with E-state index in [1.807, 2.05) is 18.4 Å². The summed E-state index contributed by atoms with van der Waals surface area (Å²) in [7, 11) is 0. The molecule has 0 radical (unpaired) electrons. The minimum absolute atomic E-state index is 0.0278. The number of amides is 2. The molecule has 1 aliphatic rings. The van der Waals surface area contributed by atoms with Crippen LogP contribution in [0.25, 0.3) is 0 Å². The Morgan fingerprint density at radius 2 is 1.94 bits per heavy atom. The summed E-state index contributed by atoms with van der Waals surface area (Å²) in [4.78, 5) is 24.9. The van der Waals surface area contributed by atoms with Crippen molar-refractivity contribution in [1.29, 1.82) is 0 Å². The quantitative estimate of drug-likeness (QED) is 0.572. The number of halogens is 1. The van der Waals surface area contributed by atoms with Crippen LogP contribution >= 0.6 is 23.4 Å². The van der Waals surface area contributed by atoms with Crippen molar-refractivity contribution in [3.63, 3.8) is 0 Å². The van der Waals surface area contributed by atoms with E-state index in [-0.39, 0.29) is 23.9 Å². The largest absolute Gasteiger partial charge is 0.352 e. The monoisotopic (exact) mass is 463 g/mol. The maximum absolute atomic E-state index is 12.5. The lowest BCUT2D eigenvalue weighted by molar-refractivity contribution is -0.119. The van der Waals surface area contributed by atoms with Gasteiger partial charge in [0.05, 0.1) is 11.8 Å². The third-order valence-corrected chi connectivity index (χ3v) is 6.91. The van der Waals surface area contributed by atoms with Crippen LogP contribution in [0.4, 0.5) is 0 Å². The van der Waals surface area contributed by atoms with E-state index in [0.29, 0.717) is 39.8 Å². The van der Waals surface area contributed by atoms with Gasteiger partial charge in [0, 0.05) is 23.2 Å². The van der Waals surface area contributed by atoms with Crippen LogP contribution in [0.5, 0.6) is 0 Å². The topological polar surface area (TPSA) is 88.9 Å². The molecule has 3 rings (SSSR count). The summed E-state index contributed by atoms with van der Waals surface area (Å²) in [6.07, 6.45) is 4.65. The van der Waals surface area contributed by atoms with Gasteiger partial charge in [-0.1, -0.05) is 43.1 Å². The minimum atomic E-state index is -0.332. The molecule has 2 amide bonds. The number of carbonyl (C=O) groups is 2. The van der Waals surface area contributed by atoms with E-state index < -0.39 is 0 Å². The van der Waals surface area contributed by atoms with Crippen molar-refractivity contribution in [3.8, 4) is 0 Å². The molecule has 1 aromatic carbocycles. The Bertz CT molecular complexity index is 902. The van der Waals surface area contributed by atoms with E-state index in [2.05, 4.69) is 27.8 Å². The second-order valence-electron chi connectivity index (χ2n) is 8.01. The van der Waals surface area contributed by atoms with Crippen molar-refractivity contribution in [2.75, 3.05) is 5.75 Å². The zero-order valence-electron chi connectivity index (χ0n) is 18.2. The summed E-state index contributed by atoms with van der Waals surface area (Å²) in [5, 5.41) is 15.9. The standard InChI is InChI=1S/C22H30ClN5O2S/c1-4-28-20(15(3)24-21(30)16-9-11-17(23)12-10-16)26-27-22(28)31-13-19(29)25-18-8-6-5-7-14(18)2/h9-12,14-15,18H,4-8,13H2,1-3H3,(H,24,30)(H,25,29). The highest BCUT2D eigenvalue weighted by Gasteiger charge is 2.24. The predicted molar refractivity (Wildman–Crippen MR) is 123 cm³/mol. The van der Waals surface area contributed by atoms with Crippen molar-refractivity contribution >= 4 is 35.2 Å². The van der Waals surface area contributed by atoms with Gasteiger partial charge in [0.2, 0.25) is 5.91 Å². The van der Waals surface area contributed by atoms with Crippen LogP contribution in [0, 0.1) is 5.92 Å². The number of hydrogen-bond acceptors (Lipinski definition) is 5. The van der Waals surface area contributed by atoms with Crippen molar-refractivity contribution < 1.29 is 9.59 Å². The molecule has 31 heavy (non-hydrogen) atoms. The van der Waals surface area contributed by atoms with Gasteiger partial charge in [0.1, 0.15) is 0 Å². The fourth-order valence-corrected chi connectivity index (χ4v) is 4.83. The molecule has 1 aliphatic carbocycles. The Labute approximate surface area is 192 Å². The molecule has 168 valence electrons. The van der Waals surface area contributed by atoms with Gasteiger partial charge in [-0.05, 0) is 56.9 Å². The molecular weight excluding hydrogens is 434 g/mol. The van der Waals surface area contributed by atoms with E-state index in [1.54, 1.807) is 24.3 Å². The number of rotatable bonds is 8. The second kappa shape index (κ2) is 11.0. The van der Waals surface area contributed by atoms with E-state index in [4.69, 9.17) is 11.6 Å². The lowest BCUT2D eigenvalue weighted by Crippen LogP contribution is -2.41. The summed E-state index contributed by atoms with van der Waals surface area (Å²) in [6, 6.07) is 6.67. The third-order valence-electron chi connectivity index (χ3n) is 5.69. The Morgan fingerprint density at radius 1 is 1.23 bits per heavy atom. The molecule has 3 atom stereocenters. The molecule has 1 saturated carbocycles. The smallest absolute Gasteiger partial charge is 0.251 e. The van der Waals surface area contributed by atoms with Gasteiger partial charge in [-0.2, -0.15) is 0 Å².